The summed E-state index contributed by atoms with van der Waals surface area (Å²) in [4.78, 5) is 26.5. The molecule has 2 aromatic carbocycles. The Kier molecular flexibility index (Phi) is 7.90. The fourth-order valence-corrected chi connectivity index (χ4v) is 3.97. The van der Waals surface area contributed by atoms with Crippen LogP contribution in [0, 0.1) is 0 Å². The summed E-state index contributed by atoms with van der Waals surface area (Å²) >= 11 is 0. The molecular formula is C23H26N4O4. The van der Waals surface area contributed by atoms with Crippen LogP contribution in [0.1, 0.15) is 49.1 Å². The third kappa shape index (κ3) is 5.77. The number of carboxylic acid groups (broad SMARTS) is 1. The second-order valence-electron chi connectivity index (χ2n) is 7.52. The van der Waals surface area contributed by atoms with Crippen LogP contribution < -0.4 is 5.32 Å². The van der Waals surface area contributed by atoms with Gasteiger partial charge in [-0.25, -0.2) is 9.59 Å². The van der Waals surface area contributed by atoms with Gasteiger partial charge in [-0.2, -0.15) is 0 Å². The zero-order valence-electron chi connectivity index (χ0n) is 17.2. The first-order valence-corrected chi connectivity index (χ1v) is 10.5. The second-order valence-corrected chi connectivity index (χ2v) is 7.52. The summed E-state index contributed by atoms with van der Waals surface area (Å²) in [6.45, 7) is 0.586. The van der Waals surface area contributed by atoms with E-state index >= 15 is 0 Å². The van der Waals surface area contributed by atoms with Crippen LogP contribution >= 0.6 is 0 Å². The molecule has 0 bridgehead atoms. The molecule has 3 rings (SSSR count). The molecule has 0 heterocycles. The van der Waals surface area contributed by atoms with Gasteiger partial charge in [-0.15, -0.1) is 0 Å². The molecule has 0 fully saturated rings. The topological polar surface area (TPSA) is 124 Å². The van der Waals surface area contributed by atoms with E-state index < -0.39 is 18.1 Å². The molecule has 31 heavy (non-hydrogen) atoms. The predicted molar refractivity (Wildman–Crippen MR) is 117 cm³/mol. The molecule has 0 spiro atoms. The Morgan fingerprint density at radius 1 is 1.03 bits per heavy atom. The number of aliphatic carboxylic acids is 1. The summed E-state index contributed by atoms with van der Waals surface area (Å²) in [5, 5.41) is 15.3. The standard InChI is InChI=1S/C23H26N4O4/c24-27-25-14-8-2-1-3-13-21(22(28)29)26-23(30)31-15-20-18-11-6-4-9-16(18)17-10-5-7-12-19(17)20/h4-7,9-12,20-21H,1-3,8,13-15H2,(H,26,30)(H,28,29)/t21-/m1/s1. The summed E-state index contributed by atoms with van der Waals surface area (Å²) in [5.74, 6) is -1.15. The van der Waals surface area contributed by atoms with Crippen LogP contribution in [0.4, 0.5) is 4.79 Å². The molecular weight excluding hydrogens is 396 g/mol. The first-order valence-electron chi connectivity index (χ1n) is 10.5. The van der Waals surface area contributed by atoms with Crippen molar-refractivity contribution in [3.63, 3.8) is 0 Å². The Balaban J connectivity index is 1.50. The number of rotatable bonds is 11. The molecule has 1 amide bonds. The molecule has 1 aliphatic rings. The Morgan fingerprint density at radius 2 is 1.65 bits per heavy atom. The summed E-state index contributed by atoms with van der Waals surface area (Å²) in [6.07, 6.45) is 2.66. The predicted octanol–water partition coefficient (Wildman–Crippen LogP) is 5.24. The molecule has 162 valence electrons. The number of azide groups is 1. The Labute approximate surface area is 180 Å². The van der Waals surface area contributed by atoms with Gasteiger partial charge in [0.25, 0.3) is 0 Å². The zero-order valence-corrected chi connectivity index (χ0v) is 17.2. The number of unbranched alkanes of at least 4 members (excludes halogenated alkanes) is 3. The normalized spacial score (nSPS) is 12.9. The third-order valence-corrected chi connectivity index (χ3v) is 5.50. The fourth-order valence-electron chi connectivity index (χ4n) is 3.97. The van der Waals surface area contributed by atoms with Gasteiger partial charge in [0, 0.05) is 17.4 Å². The number of benzene rings is 2. The first kappa shape index (κ1) is 22.2. The van der Waals surface area contributed by atoms with Crippen molar-refractivity contribution >= 4 is 12.1 Å². The van der Waals surface area contributed by atoms with Crippen LogP contribution in [0.25, 0.3) is 21.6 Å². The lowest BCUT2D eigenvalue weighted by Crippen LogP contribution is -2.41. The van der Waals surface area contributed by atoms with Crippen LogP contribution in [0.15, 0.2) is 53.6 Å². The van der Waals surface area contributed by atoms with E-state index in [2.05, 4.69) is 27.5 Å². The minimum absolute atomic E-state index is 0.0718. The summed E-state index contributed by atoms with van der Waals surface area (Å²) in [7, 11) is 0. The Bertz CT molecular complexity index is 926. The third-order valence-electron chi connectivity index (χ3n) is 5.50. The number of nitrogens with one attached hydrogen (secondary N) is 1. The number of nitrogens with zero attached hydrogens (tertiary/aromatic N) is 3. The molecule has 1 atom stereocenters. The van der Waals surface area contributed by atoms with Gasteiger partial charge >= 0.3 is 12.1 Å². The van der Waals surface area contributed by atoms with Crippen molar-refractivity contribution in [3.8, 4) is 11.1 Å². The van der Waals surface area contributed by atoms with Crippen LogP contribution in [0.2, 0.25) is 0 Å². The van der Waals surface area contributed by atoms with E-state index in [0.29, 0.717) is 19.4 Å². The minimum Gasteiger partial charge on any atom is -0.480 e. The van der Waals surface area contributed by atoms with Crippen molar-refractivity contribution in [1.29, 1.82) is 0 Å². The maximum atomic E-state index is 12.3. The number of fused-ring (bicyclic) bond motifs is 3. The molecule has 8 nitrogen and oxygen atoms in total. The Morgan fingerprint density at radius 3 is 2.26 bits per heavy atom. The highest BCUT2D eigenvalue weighted by molar-refractivity contribution is 5.81. The highest BCUT2D eigenvalue weighted by atomic mass is 16.5. The fraction of sp³-hybridized carbons (Fsp3) is 0.391. The first-order chi connectivity index (χ1) is 15.1. The zero-order chi connectivity index (χ0) is 22.1. The highest BCUT2D eigenvalue weighted by Gasteiger charge is 2.29. The molecule has 0 aromatic heterocycles. The van der Waals surface area contributed by atoms with Crippen molar-refractivity contribution in [3.05, 3.63) is 70.1 Å². The van der Waals surface area contributed by atoms with E-state index in [-0.39, 0.29) is 12.5 Å². The highest BCUT2D eigenvalue weighted by Crippen LogP contribution is 2.44. The van der Waals surface area contributed by atoms with Crippen molar-refractivity contribution in [1.82, 2.24) is 5.32 Å². The van der Waals surface area contributed by atoms with Crippen molar-refractivity contribution in [2.24, 2.45) is 5.11 Å². The number of carboxylic acids is 1. The van der Waals surface area contributed by atoms with Gasteiger partial charge in [0.2, 0.25) is 0 Å². The largest absolute Gasteiger partial charge is 0.480 e. The quantitative estimate of drug-likeness (QED) is 0.222. The maximum absolute atomic E-state index is 12.3. The number of alkyl carbamates (subject to hydrolysis) is 1. The second kappa shape index (κ2) is 11.0. The van der Waals surface area contributed by atoms with Crippen molar-refractivity contribution < 1.29 is 19.4 Å². The van der Waals surface area contributed by atoms with Gasteiger partial charge in [0.1, 0.15) is 12.6 Å². The van der Waals surface area contributed by atoms with Crippen molar-refractivity contribution in [2.75, 3.05) is 13.2 Å². The van der Waals surface area contributed by atoms with Crippen LogP contribution in [-0.2, 0) is 9.53 Å². The maximum Gasteiger partial charge on any atom is 0.407 e. The monoisotopic (exact) mass is 422 g/mol. The van der Waals surface area contributed by atoms with Crippen LogP contribution in [0.3, 0.4) is 0 Å². The molecule has 0 saturated carbocycles. The molecule has 0 radical (unpaired) electrons. The van der Waals surface area contributed by atoms with Crippen molar-refractivity contribution in [2.45, 2.75) is 44.1 Å². The number of hydrogen-bond acceptors (Lipinski definition) is 4. The van der Waals surface area contributed by atoms with E-state index in [1.807, 2.05) is 36.4 Å². The number of hydrogen-bond donors (Lipinski definition) is 2. The van der Waals surface area contributed by atoms with Gasteiger partial charge in [-0.1, -0.05) is 72.9 Å². The van der Waals surface area contributed by atoms with Gasteiger partial charge in [-0.3, -0.25) is 0 Å². The van der Waals surface area contributed by atoms with Crippen LogP contribution in [0.5, 0.6) is 0 Å². The molecule has 8 heteroatoms. The lowest BCUT2D eigenvalue weighted by Gasteiger charge is -2.17. The number of carbonyl (C=O) groups excluding carboxylic acids is 1. The molecule has 0 saturated heterocycles. The Hall–Kier alpha value is -3.51. The van der Waals surface area contributed by atoms with Gasteiger partial charge < -0.3 is 15.2 Å². The molecule has 2 N–H and O–H groups in total. The molecule has 0 unspecified atom stereocenters. The van der Waals surface area contributed by atoms with Gasteiger partial charge in [-0.05, 0) is 40.6 Å². The van der Waals surface area contributed by atoms with Gasteiger partial charge in [0.05, 0.1) is 0 Å². The SMILES string of the molecule is [N-]=[N+]=NCCCCCC[C@@H](NC(=O)OCC1c2ccccc2-c2ccccc21)C(=O)O. The smallest absolute Gasteiger partial charge is 0.407 e. The summed E-state index contributed by atoms with van der Waals surface area (Å²) in [5.41, 5.74) is 12.7. The lowest BCUT2D eigenvalue weighted by molar-refractivity contribution is -0.139. The van der Waals surface area contributed by atoms with E-state index in [1.165, 1.54) is 0 Å². The molecule has 1 aliphatic carbocycles. The summed E-state index contributed by atoms with van der Waals surface area (Å²) in [6, 6.07) is 15.1. The van der Waals surface area contributed by atoms with E-state index in [9.17, 15) is 14.7 Å². The molecule has 2 aromatic rings. The summed E-state index contributed by atoms with van der Waals surface area (Å²) < 4.78 is 5.43. The number of ether oxygens (including phenoxy) is 1. The van der Waals surface area contributed by atoms with E-state index in [1.54, 1.807) is 0 Å². The number of amides is 1. The van der Waals surface area contributed by atoms with Gasteiger partial charge in [0.15, 0.2) is 0 Å². The van der Waals surface area contributed by atoms with Crippen LogP contribution in [-0.4, -0.2) is 36.4 Å². The average molecular weight is 422 g/mol. The average Bonchev–Trinajstić information content (AvgIpc) is 3.10. The van der Waals surface area contributed by atoms with E-state index in [0.717, 1.165) is 41.5 Å². The lowest BCUT2D eigenvalue weighted by atomic mass is 9.98. The van der Waals surface area contributed by atoms with E-state index in [4.69, 9.17) is 10.3 Å². The number of carbonyl (C=O) groups is 2. The molecule has 0 aliphatic heterocycles. The minimum atomic E-state index is -1.08.